The first-order chi connectivity index (χ1) is 15.8. The van der Waals surface area contributed by atoms with Crippen molar-refractivity contribution < 1.29 is 39.0 Å². The Hall–Kier alpha value is -4.20. The summed E-state index contributed by atoms with van der Waals surface area (Å²) in [6.45, 7) is 1.22. The lowest BCUT2D eigenvalue weighted by atomic mass is 10.0. The normalized spacial score (nSPS) is 14.1. The zero-order valence-electron chi connectivity index (χ0n) is 18.3. The maximum atomic E-state index is 12.6. The van der Waals surface area contributed by atoms with Crippen LogP contribution in [-0.2, 0) is 35.2 Å². The van der Waals surface area contributed by atoms with Crippen LogP contribution < -0.4 is 33.2 Å². The van der Waals surface area contributed by atoms with E-state index >= 15 is 0 Å². The van der Waals surface area contributed by atoms with Gasteiger partial charge in [-0.25, -0.2) is 4.79 Å². The van der Waals surface area contributed by atoms with Gasteiger partial charge in [-0.15, -0.1) is 0 Å². The maximum absolute atomic E-state index is 12.6. The van der Waals surface area contributed by atoms with E-state index in [9.17, 15) is 33.9 Å². The number of primary amides is 2. The lowest BCUT2D eigenvalue weighted by Crippen LogP contribution is -2.57. The number of hydrogen-bond acceptors (Lipinski definition) is 8. The van der Waals surface area contributed by atoms with Crippen LogP contribution in [0.15, 0.2) is 24.3 Å². The van der Waals surface area contributed by atoms with E-state index in [1.165, 1.54) is 19.1 Å². The highest BCUT2D eigenvalue weighted by atomic mass is 16.4. The third kappa shape index (κ3) is 9.52. The highest BCUT2D eigenvalue weighted by Crippen LogP contribution is 2.11. The molecule has 1 aromatic rings. The molecule has 1 aromatic carbocycles. The van der Waals surface area contributed by atoms with Gasteiger partial charge in [0, 0.05) is 0 Å². The highest BCUT2D eigenvalue weighted by Gasteiger charge is 2.29. The molecule has 0 bridgehead atoms. The third-order valence-electron chi connectivity index (χ3n) is 4.54. The molecule has 0 aliphatic rings. The molecule has 0 aliphatic heterocycles. The molecule has 11 N–H and O–H groups in total. The molecule has 5 amide bonds. The van der Waals surface area contributed by atoms with E-state index < -0.39 is 72.5 Å². The predicted octanol–water partition coefficient (Wildman–Crippen LogP) is -3.43. The number of phenols is 1. The smallest absolute Gasteiger partial charge is 0.326 e. The molecule has 0 aromatic heterocycles. The van der Waals surface area contributed by atoms with Crippen LogP contribution in [0.1, 0.15) is 25.3 Å². The number of rotatable bonds is 13. The second kappa shape index (κ2) is 12.7. The van der Waals surface area contributed by atoms with E-state index in [2.05, 4.69) is 16.0 Å². The number of phenolic OH excluding ortho intramolecular Hbond substituents is 1. The number of carbonyl (C=O) groups is 6. The number of carboxylic acids is 1. The SMILES string of the molecule is CC(NC(=O)C(CC(N)=O)NC(=O)C(N)Cc1ccc(O)cc1)C(=O)NC(CC(N)=O)C(=O)O. The highest BCUT2D eigenvalue weighted by molar-refractivity contribution is 5.96. The van der Waals surface area contributed by atoms with Gasteiger partial charge in [0.2, 0.25) is 29.5 Å². The summed E-state index contributed by atoms with van der Waals surface area (Å²) in [5.74, 6) is -6.04. The van der Waals surface area contributed by atoms with Crippen LogP contribution in [0, 0.1) is 0 Å². The van der Waals surface area contributed by atoms with Crippen LogP contribution in [-0.4, -0.2) is 69.9 Å². The van der Waals surface area contributed by atoms with Crippen molar-refractivity contribution in [3.63, 3.8) is 0 Å². The number of nitrogens with two attached hydrogens (primary N) is 3. The molecule has 0 fully saturated rings. The summed E-state index contributed by atoms with van der Waals surface area (Å²) in [6, 6.07) is 0.439. The van der Waals surface area contributed by atoms with Gasteiger partial charge in [0.15, 0.2) is 0 Å². The Bertz CT molecular complexity index is 935. The Labute approximate surface area is 194 Å². The standard InChI is InChI=1S/C20H28N6O8/c1-9(17(30)26-14(20(33)34)8-16(23)29)24-19(32)13(7-15(22)28)25-18(31)12(21)6-10-2-4-11(27)5-3-10/h2-5,9,12-14,27H,6-8,21H2,1H3,(H2,22,28)(H2,23,29)(H,24,32)(H,25,31)(H,26,30)(H,33,34). The molecule has 186 valence electrons. The quantitative estimate of drug-likeness (QED) is 0.139. The van der Waals surface area contributed by atoms with Gasteiger partial charge in [-0.2, -0.15) is 0 Å². The molecule has 4 unspecified atom stereocenters. The molecular weight excluding hydrogens is 452 g/mol. The van der Waals surface area contributed by atoms with Crippen molar-refractivity contribution in [2.75, 3.05) is 0 Å². The molecular formula is C20H28N6O8. The minimum atomic E-state index is -1.61. The Morgan fingerprint density at radius 1 is 0.824 bits per heavy atom. The molecule has 1 rings (SSSR count). The summed E-state index contributed by atoms with van der Waals surface area (Å²) >= 11 is 0. The minimum Gasteiger partial charge on any atom is -0.508 e. The molecule has 0 radical (unpaired) electrons. The van der Waals surface area contributed by atoms with Crippen molar-refractivity contribution in [3.05, 3.63) is 29.8 Å². The molecule has 0 heterocycles. The van der Waals surface area contributed by atoms with Crippen LogP contribution in [0.2, 0.25) is 0 Å². The summed E-state index contributed by atoms with van der Waals surface area (Å²) < 4.78 is 0. The summed E-state index contributed by atoms with van der Waals surface area (Å²) in [7, 11) is 0. The summed E-state index contributed by atoms with van der Waals surface area (Å²) in [4.78, 5) is 70.7. The zero-order valence-corrected chi connectivity index (χ0v) is 18.3. The predicted molar refractivity (Wildman–Crippen MR) is 117 cm³/mol. The van der Waals surface area contributed by atoms with Gasteiger partial charge in [0.25, 0.3) is 0 Å². The molecule has 0 saturated carbocycles. The molecule has 34 heavy (non-hydrogen) atoms. The second-order valence-electron chi connectivity index (χ2n) is 7.51. The van der Waals surface area contributed by atoms with Gasteiger partial charge in [-0.3, -0.25) is 24.0 Å². The van der Waals surface area contributed by atoms with Crippen molar-refractivity contribution in [2.45, 2.75) is 50.4 Å². The number of nitrogens with one attached hydrogen (secondary N) is 3. The minimum absolute atomic E-state index is 0.0300. The topological polar surface area (TPSA) is 257 Å². The molecule has 0 aliphatic carbocycles. The van der Waals surface area contributed by atoms with Crippen molar-refractivity contribution in [1.82, 2.24) is 16.0 Å². The van der Waals surface area contributed by atoms with Gasteiger partial charge in [0.05, 0.1) is 18.9 Å². The number of aromatic hydroxyl groups is 1. The van der Waals surface area contributed by atoms with Crippen molar-refractivity contribution in [2.24, 2.45) is 17.2 Å². The van der Waals surface area contributed by atoms with Crippen LogP contribution in [0.4, 0.5) is 0 Å². The number of aliphatic carboxylic acids is 1. The van der Waals surface area contributed by atoms with Gasteiger partial charge in [-0.1, -0.05) is 12.1 Å². The largest absolute Gasteiger partial charge is 0.508 e. The van der Waals surface area contributed by atoms with Gasteiger partial charge >= 0.3 is 5.97 Å². The Balaban J connectivity index is 2.79. The van der Waals surface area contributed by atoms with Crippen molar-refractivity contribution in [1.29, 1.82) is 0 Å². The average molecular weight is 480 g/mol. The third-order valence-corrected chi connectivity index (χ3v) is 4.54. The molecule has 0 spiro atoms. The molecule has 14 heteroatoms. The molecule has 14 nitrogen and oxygen atoms in total. The summed E-state index contributed by atoms with van der Waals surface area (Å²) in [5.41, 5.74) is 16.6. The van der Waals surface area contributed by atoms with E-state index in [-0.39, 0.29) is 12.2 Å². The zero-order chi connectivity index (χ0) is 26.0. The van der Waals surface area contributed by atoms with Gasteiger partial charge in [-0.05, 0) is 31.0 Å². The van der Waals surface area contributed by atoms with E-state index in [4.69, 9.17) is 22.3 Å². The van der Waals surface area contributed by atoms with Crippen LogP contribution >= 0.6 is 0 Å². The number of benzene rings is 1. The van der Waals surface area contributed by atoms with E-state index in [1.807, 2.05) is 0 Å². The van der Waals surface area contributed by atoms with Gasteiger partial charge in [0.1, 0.15) is 23.9 Å². The summed E-state index contributed by atoms with van der Waals surface area (Å²) in [5, 5.41) is 25.0. The Morgan fingerprint density at radius 2 is 1.32 bits per heavy atom. The van der Waals surface area contributed by atoms with E-state index in [1.54, 1.807) is 12.1 Å². The fraction of sp³-hybridized carbons (Fsp3) is 0.400. The van der Waals surface area contributed by atoms with Gasteiger partial charge < -0.3 is 43.4 Å². The monoisotopic (exact) mass is 480 g/mol. The maximum Gasteiger partial charge on any atom is 0.326 e. The number of hydrogen-bond donors (Lipinski definition) is 8. The van der Waals surface area contributed by atoms with E-state index in [0.29, 0.717) is 5.56 Å². The fourth-order valence-electron chi connectivity index (χ4n) is 2.75. The van der Waals surface area contributed by atoms with Crippen LogP contribution in [0.5, 0.6) is 5.75 Å². The number of carbonyl (C=O) groups excluding carboxylic acids is 5. The van der Waals surface area contributed by atoms with E-state index in [0.717, 1.165) is 0 Å². The lowest BCUT2D eigenvalue weighted by molar-refractivity contribution is -0.143. The fourth-order valence-corrected chi connectivity index (χ4v) is 2.75. The number of carboxylic acid groups (broad SMARTS) is 1. The lowest BCUT2D eigenvalue weighted by Gasteiger charge is -2.22. The number of amides is 5. The first-order valence-electron chi connectivity index (χ1n) is 10.0. The Morgan fingerprint density at radius 3 is 1.82 bits per heavy atom. The first-order valence-corrected chi connectivity index (χ1v) is 10.0. The molecule has 4 atom stereocenters. The van der Waals surface area contributed by atoms with Crippen molar-refractivity contribution in [3.8, 4) is 5.75 Å². The van der Waals surface area contributed by atoms with Crippen LogP contribution in [0.3, 0.4) is 0 Å². The second-order valence-corrected chi connectivity index (χ2v) is 7.51. The molecule has 0 saturated heterocycles. The Kier molecular flexibility index (Phi) is 10.4. The first kappa shape index (κ1) is 27.8. The average Bonchev–Trinajstić information content (AvgIpc) is 2.73. The van der Waals surface area contributed by atoms with Crippen LogP contribution in [0.25, 0.3) is 0 Å². The summed E-state index contributed by atoms with van der Waals surface area (Å²) in [6.07, 6.45) is -1.20. The van der Waals surface area contributed by atoms with Crippen molar-refractivity contribution >= 4 is 35.5 Å².